The van der Waals surface area contributed by atoms with Crippen molar-refractivity contribution in [2.45, 2.75) is 20.0 Å². The Labute approximate surface area is 125 Å². The molecule has 0 aromatic heterocycles. The maximum absolute atomic E-state index is 6.19. The molecule has 2 aromatic rings. The fraction of sp³-hybridized carbons (Fsp3) is 0.294. The number of hydrogen-bond acceptors (Lipinski definition) is 2. The van der Waals surface area contributed by atoms with Crippen molar-refractivity contribution >= 4 is 11.6 Å². The summed E-state index contributed by atoms with van der Waals surface area (Å²) in [4.78, 5) is 2.25. The highest BCUT2D eigenvalue weighted by molar-refractivity contribution is 6.31. The van der Waals surface area contributed by atoms with Crippen molar-refractivity contribution in [3.63, 3.8) is 0 Å². The minimum atomic E-state index is 0.824. The molecule has 0 fully saturated rings. The Morgan fingerprint density at radius 2 is 1.85 bits per heavy atom. The predicted octanol–water partition coefficient (Wildman–Crippen LogP) is 4.29. The van der Waals surface area contributed by atoms with E-state index in [0.717, 1.165) is 35.0 Å². The Morgan fingerprint density at radius 3 is 2.50 bits per heavy atom. The van der Waals surface area contributed by atoms with Gasteiger partial charge in [-0.1, -0.05) is 41.9 Å². The number of halogens is 1. The lowest BCUT2D eigenvalue weighted by atomic mass is 10.1. The van der Waals surface area contributed by atoms with E-state index in [2.05, 4.69) is 37.1 Å². The molecule has 2 rings (SSSR count). The van der Waals surface area contributed by atoms with Crippen molar-refractivity contribution in [1.82, 2.24) is 4.90 Å². The molecule has 0 aliphatic rings. The van der Waals surface area contributed by atoms with Gasteiger partial charge in [-0.25, -0.2) is 0 Å². The zero-order valence-electron chi connectivity index (χ0n) is 12.2. The van der Waals surface area contributed by atoms with Gasteiger partial charge < -0.3 is 4.74 Å². The van der Waals surface area contributed by atoms with Gasteiger partial charge in [-0.15, -0.1) is 0 Å². The average Bonchev–Trinajstić information content (AvgIpc) is 2.41. The van der Waals surface area contributed by atoms with Gasteiger partial charge in [-0.2, -0.15) is 0 Å². The summed E-state index contributed by atoms with van der Waals surface area (Å²) in [5, 5.41) is 0.824. The van der Waals surface area contributed by atoms with Gasteiger partial charge in [0.1, 0.15) is 5.75 Å². The van der Waals surface area contributed by atoms with E-state index in [1.165, 1.54) is 5.56 Å². The van der Waals surface area contributed by atoms with Gasteiger partial charge in [0.05, 0.1) is 7.11 Å². The van der Waals surface area contributed by atoms with E-state index in [1.807, 2.05) is 24.3 Å². The Morgan fingerprint density at radius 1 is 1.10 bits per heavy atom. The summed E-state index contributed by atoms with van der Waals surface area (Å²) in [5.41, 5.74) is 3.59. The summed E-state index contributed by atoms with van der Waals surface area (Å²) in [6.07, 6.45) is 0. The highest BCUT2D eigenvalue weighted by Crippen LogP contribution is 2.21. The molecule has 2 aromatic carbocycles. The van der Waals surface area contributed by atoms with Crippen molar-refractivity contribution in [3.8, 4) is 5.75 Å². The third-order valence-corrected chi connectivity index (χ3v) is 3.68. The zero-order valence-corrected chi connectivity index (χ0v) is 12.9. The Bertz CT molecular complexity index is 583. The number of methoxy groups -OCH3 is 1. The lowest BCUT2D eigenvalue weighted by Gasteiger charge is -2.18. The summed E-state index contributed by atoms with van der Waals surface area (Å²) >= 11 is 6.19. The van der Waals surface area contributed by atoms with E-state index in [4.69, 9.17) is 16.3 Å². The van der Waals surface area contributed by atoms with Crippen LogP contribution in [0.3, 0.4) is 0 Å². The zero-order chi connectivity index (χ0) is 14.5. The molecule has 0 atom stereocenters. The van der Waals surface area contributed by atoms with Gasteiger partial charge in [-0.3, -0.25) is 4.90 Å². The van der Waals surface area contributed by atoms with Crippen molar-refractivity contribution < 1.29 is 4.74 Å². The van der Waals surface area contributed by atoms with Gasteiger partial charge in [0.25, 0.3) is 0 Å². The predicted molar refractivity (Wildman–Crippen MR) is 84.4 cm³/mol. The average molecular weight is 290 g/mol. The third kappa shape index (κ3) is 3.75. The molecule has 0 N–H and O–H groups in total. The summed E-state index contributed by atoms with van der Waals surface area (Å²) < 4.78 is 5.29. The van der Waals surface area contributed by atoms with E-state index < -0.39 is 0 Å². The van der Waals surface area contributed by atoms with Gasteiger partial charge in [0.15, 0.2) is 0 Å². The maximum Gasteiger partial charge on any atom is 0.121 e. The molecular weight excluding hydrogens is 270 g/mol. The molecule has 0 saturated heterocycles. The molecule has 0 saturated carbocycles. The highest BCUT2D eigenvalue weighted by Gasteiger charge is 2.06. The summed E-state index contributed by atoms with van der Waals surface area (Å²) in [5.74, 6) is 0.933. The normalized spacial score (nSPS) is 10.8. The van der Waals surface area contributed by atoms with Crippen LogP contribution < -0.4 is 4.74 Å². The SMILES string of the molecule is COc1ccc(CN(C)Cc2ccccc2Cl)cc1C. The fourth-order valence-corrected chi connectivity index (χ4v) is 2.52. The maximum atomic E-state index is 6.19. The highest BCUT2D eigenvalue weighted by atomic mass is 35.5. The van der Waals surface area contributed by atoms with Crippen LogP contribution in [0.15, 0.2) is 42.5 Å². The largest absolute Gasteiger partial charge is 0.496 e. The van der Waals surface area contributed by atoms with Crippen LogP contribution in [0.2, 0.25) is 5.02 Å². The summed E-state index contributed by atoms with van der Waals surface area (Å²) in [7, 11) is 3.80. The lowest BCUT2D eigenvalue weighted by Crippen LogP contribution is -2.17. The molecule has 2 nitrogen and oxygen atoms in total. The number of rotatable bonds is 5. The topological polar surface area (TPSA) is 12.5 Å². The van der Waals surface area contributed by atoms with Crippen LogP contribution in [0.5, 0.6) is 5.75 Å². The molecule has 0 spiro atoms. The van der Waals surface area contributed by atoms with Crippen molar-refractivity contribution in [3.05, 3.63) is 64.2 Å². The second-order valence-corrected chi connectivity index (χ2v) is 5.47. The van der Waals surface area contributed by atoms with Gasteiger partial charge >= 0.3 is 0 Å². The smallest absolute Gasteiger partial charge is 0.121 e. The van der Waals surface area contributed by atoms with Gasteiger partial charge in [-0.05, 0) is 42.8 Å². The molecule has 0 aliphatic carbocycles. The number of benzene rings is 2. The van der Waals surface area contributed by atoms with Crippen molar-refractivity contribution in [1.29, 1.82) is 0 Å². The molecule has 3 heteroatoms. The van der Waals surface area contributed by atoms with E-state index in [1.54, 1.807) is 7.11 Å². The monoisotopic (exact) mass is 289 g/mol. The Kier molecular flexibility index (Phi) is 5.05. The second-order valence-electron chi connectivity index (χ2n) is 5.07. The van der Waals surface area contributed by atoms with Crippen LogP contribution in [-0.4, -0.2) is 19.1 Å². The minimum absolute atomic E-state index is 0.824. The van der Waals surface area contributed by atoms with Crippen LogP contribution in [-0.2, 0) is 13.1 Å². The van der Waals surface area contributed by atoms with Crippen LogP contribution in [0, 0.1) is 6.92 Å². The van der Waals surface area contributed by atoms with E-state index >= 15 is 0 Å². The van der Waals surface area contributed by atoms with E-state index in [-0.39, 0.29) is 0 Å². The molecule has 0 amide bonds. The summed E-state index contributed by atoms with van der Waals surface area (Å²) in [6, 6.07) is 14.3. The molecule has 106 valence electrons. The molecule has 0 unspecified atom stereocenters. The summed E-state index contributed by atoms with van der Waals surface area (Å²) in [6.45, 7) is 3.79. The molecule has 0 radical (unpaired) electrons. The van der Waals surface area contributed by atoms with Gasteiger partial charge in [0.2, 0.25) is 0 Å². The van der Waals surface area contributed by atoms with Crippen molar-refractivity contribution in [2.24, 2.45) is 0 Å². The first-order valence-electron chi connectivity index (χ1n) is 6.65. The second kappa shape index (κ2) is 6.78. The fourth-order valence-electron chi connectivity index (χ4n) is 2.32. The standard InChI is InChI=1S/C17H20ClNO/c1-13-10-14(8-9-17(13)20-3)11-19(2)12-15-6-4-5-7-16(15)18/h4-10H,11-12H2,1-3H3. The first-order valence-corrected chi connectivity index (χ1v) is 7.03. The number of ether oxygens (including phenoxy) is 1. The molecule has 0 bridgehead atoms. The molecule has 0 aliphatic heterocycles. The Balaban J connectivity index is 2.03. The van der Waals surface area contributed by atoms with E-state index in [9.17, 15) is 0 Å². The first-order chi connectivity index (χ1) is 9.60. The molecule has 0 heterocycles. The number of aryl methyl sites for hydroxylation is 1. The molecular formula is C17H20ClNO. The van der Waals surface area contributed by atoms with Crippen LogP contribution in [0.4, 0.5) is 0 Å². The quantitative estimate of drug-likeness (QED) is 0.814. The van der Waals surface area contributed by atoms with Gasteiger partial charge in [0, 0.05) is 18.1 Å². The Hall–Kier alpha value is -1.51. The number of hydrogen-bond donors (Lipinski definition) is 0. The van der Waals surface area contributed by atoms with Crippen molar-refractivity contribution in [2.75, 3.05) is 14.2 Å². The van der Waals surface area contributed by atoms with Crippen LogP contribution in [0.25, 0.3) is 0 Å². The lowest BCUT2D eigenvalue weighted by molar-refractivity contribution is 0.319. The minimum Gasteiger partial charge on any atom is -0.496 e. The molecule has 20 heavy (non-hydrogen) atoms. The van der Waals surface area contributed by atoms with Crippen LogP contribution >= 0.6 is 11.6 Å². The van der Waals surface area contributed by atoms with E-state index in [0.29, 0.717) is 0 Å². The van der Waals surface area contributed by atoms with Crippen LogP contribution in [0.1, 0.15) is 16.7 Å². The third-order valence-electron chi connectivity index (χ3n) is 3.31. The first kappa shape index (κ1) is 14.9. The number of nitrogens with zero attached hydrogens (tertiary/aromatic N) is 1.